The first-order valence-corrected chi connectivity index (χ1v) is 7.39. The van der Waals surface area contributed by atoms with E-state index in [1.807, 2.05) is 37.5 Å². The van der Waals surface area contributed by atoms with E-state index in [-0.39, 0.29) is 6.61 Å². The second kappa shape index (κ2) is 7.67. The molecular weight excluding hydrogens is 284 g/mol. The Bertz CT molecular complexity index is 660. The lowest BCUT2D eigenvalue weighted by Gasteiger charge is -2.06. The number of benzene rings is 1. The number of aliphatic hydroxyl groups excluding tert-OH is 1. The molecule has 2 rings (SSSR count). The molecule has 1 heterocycles. The molecule has 0 bridgehead atoms. The molecule has 0 saturated carbocycles. The Hall–Kier alpha value is -2.03. The zero-order chi connectivity index (χ0) is 15.1. The molecule has 0 aliphatic rings. The summed E-state index contributed by atoms with van der Waals surface area (Å²) in [7, 11) is 1.61. The van der Waals surface area contributed by atoms with Gasteiger partial charge in [-0.1, -0.05) is 29.7 Å². The van der Waals surface area contributed by atoms with Crippen molar-refractivity contribution < 1.29 is 9.84 Å². The number of nitrogens with zero attached hydrogens (tertiary/aromatic N) is 2. The highest BCUT2D eigenvalue weighted by atomic mass is 32.2. The van der Waals surface area contributed by atoms with Crippen LogP contribution in [-0.4, -0.2) is 28.8 Å². The van der Waals surface area contributed by atoms with Gasteiger partial charge in [0.15, 0.2) is 5.16 Å². The minimum absolute atomic E-state index is 0.167. The van der Waals surface area contributed by atoms with Crippen molar-refractivity contribution >= 4 is 11.8 Å². The maximum Gasteiger partial charge on any atom is 0.187 e. The van der Waals surface area contributed by atoms with E-state index in [2.05, 4.69) is 21.8 Å². The van der Waals surface area contributed by atoms with Crippen molar-refractivity contribution in [3.63, 3.8) is 0 Å². The van der Waals surface area contributed by atoms with Gasteiger partial charge < -0.3 is 9.84 Å². The van der Waals surface area contributed by atoms with Crippen LogP contribution >= 0.6 is 11.8 Å². The number of thioether (sulfide) groups is 1. The van der Waals surface area contributed by atoms with Crippen LogP contribution in [0.2, 0.25) is 0 Å². The van der Waals surface area contributed by atoms with E-state index >= 15 is 0 Å². The largest absolute Gasteiger partial charge is 0.495 e. The predicted octanol–water partition coefficient (Wildman–Crippen LogP) is 2.43. The van der Waals surface area contributed by atoms with Gasteiger partial charge in [0.2, 0.25) is 0 Å². The maximum atomic E-state index is 8.80. The quantitative estimate of drug-likeness (QED) is 0.534. The summed E-state index contributed by atoms with van der Waals surface area (Å²) in [6.07, 6.45) is 3.61. The molecule has 2 aromatic rings. The number of aromatic nitrogens is 2. The van der Waals surface area contributed by atoms with Gasteiger partial charge >= 0.3 is 0 Å². The van der Waals surface area contributed by atoms with Crippen LogP contribution in [0.25, 0.3) is 0 Å². The van der Waals surface area contributed by atoms with Crippen LogP contribution < -0.4 is 4.74 Å². The van der Waals surface area contributed by atoms with Gasteiger partial charge in [0, 0.05) is 18.1 Å². The van der Waals surface area contributed by atoms with Gasteiger partial charge in [-0.05, 0) is 30.2 Å². The molecule has 21 heavy (non-hydrogen) atoms. The minimum atomic E-state index is -0.167. The average molecular weight is 300 g/mol. The second-order valence-corrected chi connectivity index (χ2v) is 5.27. The molecule has 0 amide bonds. The molecule has 5 heteroatoms. The first-order chi connectivity index (χ1) is 10.2. The number of aryl methyl sites for hydroxylation is 1. The molecule has 0 fully saturated rings. The van der Waals surface area contributed by atoms with Gasteiger partial charge in [0.25, 0.3) is 0 Å². The van der Waals surface area contributed by atoms with E-state index in [4.69, 9.17) is 9.84 Å². The van der Waals surface area contributed by atoms with Crippen LogP contribution in [0.15, 0.2) is 35.7 Å². The van der Waals surface area contributed by atoms with Crippen molar-refractivity contribution in [1.29, 1.82) is 0 Å². The lowest BCUT2D eigenvalue weighted by atomic mass is 10.1. The summed E-state index contributed by atoms with van der Waals surface area (Å²) < 4.78 is 5.26. The Kier molecular flexibility index (Phi) is 5.61. The van der Waals surface area contributed by atoms with Gasteiger partial charge in [0.1, 0.15) is 12.4 Å². The lowest BCUT2D eigenvalue weighted by molar-refractivity contribution is 0.350. The van der Waals surface area contributed by atoms with Crippen molar-refractivity contribution in [1.82, 2.24) is 9.97 Å². The summed E-state index contributed by atoms with van der Waals surface area (Å²) in [5, 5.41) is 9.55. The molecular formula is C16H16N2O2S. The molecule has 0 aliphatic carbocycles. The number of aliphatic hydroxyl groups is 1. The summed E-state index contributed by atoms with van der Waals surface area (Å²) in [5.41, 5.74) is 2.92. The fourth-order valence-electron chi connectivity index (χ4n) is 1.68. The minimum Gasteiger partial charge on any atom is -0.495 e. The summed E-state index contributed by atoms with van der Waals surface area (Å²) in [5.74, 6) is 6.99. The number of rotatable bonds is 4. The molecule has 0 spiro atoms. The summed E-state index contributed by atoms with van der Waals surface area (Å²) in [6, 6.07) is 5.83. The van der Waals surface area contributed by atoms with Gasteiger partial charge in [0.05, 0.1) is 12.7 Å². The van der Waals surface area contributed by atoms with Crippen LogP contribution in [0.5, 0.6) is 5.75 Å². The monoisotopic (exact) mass is 300 g/mol. The molecule has 0 aliphatic heterocycles. The smallest absolute Gasteiger partial charge is 0.187 e. The molecule has 0 atom stereocenters. The van der Waals surface area contributed by atoms with Crippen LogP contribution in [0.4, 0.5) is 0 Å². The van der Waals surface area contributed by atoms with E-state index in [0.717, 1.165) is 27.6 Å². The number of methoxy groups -OCH3 is 1. The van der Waals surface area contributed by atoms with Crippen LogP contribution in [0, 0.1) is 18.8 Å². The van der Waals surface area contributed by atoms with Crippen molar-refractivity contribution in [3.8, 4) is 17.6 Å². The van der Waals surface area contributed by atoms with Crippen molar-refractivity contribution in [2.45, 2.75) is 17.8 Å². The highest BCUT2D eigenvalue weighted by Crippen LogP contribution is 2.24. The number of hydrogen-bond acceptors (Lipinski definition) is 5. The van der Waals surface area contributed by atoms with E-state index in [1.54, 1.807) is 18.9 Å². The fourth-order valence-corrected chi connectivity index (χ4v) is 2.41. The Morgan fingerprint density at radius 2 is 2.05 bits per heavy atom. The Balaban J connectivity index is 2.11. The van der Waals surface area contributed by atoms with Gasteiger partial charge in [-0.15, -0.1) is 0 Å². The third kappa shape index (κ3) is 4.48. The summed E-state index contributed by atoms with van der Waals surface area (Å²) in [4.78, 5) is 8.53. The first-order valence-electron chi connectivity index (χ1n) is 6.41. The molecule has 0 saturated heterocycles. The maximum absolute atomic E-state index is 8.80. The van der Waals surface area contributed by atoms with Crippen LogP contribution in [0.3, 0.4) is 0 Å². The number of ether oxygens (including phenoxy) is 1. The average Bonchev–Trinajstić information content (AvgIpc) is 2.52. The second-order valence-electron chi connectivity index (χ2n) is 4.33. The SMILES string of the molecule is COc1ccc(CSc2ncc(C)cn2)cc1C#CCO. The van der Waals surface area contributed by atoms with E-state index in [1.165, 1.54) is 0 Å². The van der Waals surface area contributed by atoms with Gasteiger partial charge in [-0.25, -0.2) is 9.97 Å². The van der Waals surface area contributed by atoms with Gasteiger partial charge in [-0.2, -0.15) is 0 Å². The predicted molar refractivity (Wildman–Crippen MR) is 83.3 cm³/mol. The Labute approximate surface area is 128 Å². The van der Waals surface area contributed by atoms with E-state index < -0.39 is 0 Å². The molecule has 1 N–H and O–H groups in total. The van der Waals surface area contributed by atoms with Crippen LogP contribution in [-0.2, 0) is 5.75 Å². The molecule has 1 aromatic heterocycles. The topological polar surface area (TPSA) is 55.2 Å². The highest BCUT2D eigenvalue weighted by Gasteiger charge is 2.04. The zero-order valence-corrected chi connectivity index (χ0v) is 12.8. The van der Waals surface area contributed by atoms with Crippen molar-refractivity contribution in [2.75, 3.05) is 13.7 Å². The van der Waals surface area contributed by atoms with Crippen molar-refractivity contribution in [2.24, 2.45) is 0 Å². The molecule has 0 radical (unpaired) electrons. The van der Waals surface area contributed by atoms with Crippen molar-refractivity contribution in [3.05, 3.63) is 47.3 Å². The Morgan fingerprint density at radius 3 is 2.71 bits per heavy atom. The molecule has 4 nitrogen and oxygen atoms in total. The molecule has 108 valence electrons. The zero-order valence-electron chi connectivity index (χ0n) is 12.0. The normalized spacial score (nSPS) is 9.86. The van der Waals surface area contributed by atoms with Crippen LogP contribution in [0.1, 0.15) is 16.7 Å². The first kappa shape index (κ1) is 15.4. The highest BCUT2D eigenvalue weighted by molar-refractivity contribution is 7.98. The third-order valence-electron chi connectivity index (χ3n) is 2.69. The number of hydrogen-bond donors (Lipinski definition) is 1. The van der Waals surface area contributed by atoms with E-state index in [0.29, 0.717) is 5.75 Å². The lowest BCUT2D eigenvalue weighted by Crippen LogP contribution is -1.92. The molecule has 1 aromatic carbocycles. The van der Waals surface area contributed by atoms with Gasteiger partial charge in [-0.3, -0.25) is 0 Å². The van der Waals surface area contributed by atoms with E-state index in [9.17, 15) is 0 Å². The third-order valence-corrected chi connectivity index (χ3v) is 3.64. The summed E-state index contributed by atoms with van der Waals surface area (Å²) in [6.45, 7) is 1.80. The molecule has 0 unspecified atom stereocenters. The fraction of sp³-hybridized carbons (Fsp3) is 0.250. The standard InChI is InChI=1S/C16H16N2O2S/c1-12-9-17-16(18-10-12)21-11-13-5-6-15(20-2)14(8-13)4-3-7-19/h5-6,8-10,19H,7,11H2,1-2H3. The Morgan fingerprint density at radius 1 is 1.29 bits per heavy atom. The summed E-state index contributed by atoms with van der Waals surface area (Å²) >= 11 is 1.57.